The molecule has 0 saturated carbocycles. The van der Waals surface area contributed by atoms with Crippen LogP contribution in [0.15, 0.2) is 42.5 Å². The minimum absolute atomic E-state index is 0.0474. The monoisotopic (exact) mass is 393 g/mol. The topological polar surface area (TPSA) is 95.9 Å². The Morgan fingerprint density at radius 2 is 1.79 bits per heavy atom. The fourth-order valence-electron chi connectivity index (χ4n) is 2.52. The summed E-state index contributed by atoms with van der Waals surface area (Å²) in [5.74, 6) is -2.76. The van der Waals surface area contributed by atoms with Gasteiger partial charge in [-0.15, -0.1) is 0 Å². The van der Waals surface area contributed by atoms with E-state index in [0.29, 0.717) is 6.07 Å². The van der Waals surface area contributed by atoms with E-state index in [1.54, 1.807) is 24.3 Å². The average molecular weight is 393 g/mol. The van der Waals surface area contributed by atoms with Gasteiger partial charge in [-0.2, -0.15) is 0 Å². The van der Waals surface area contributed by atoms with Crippen LogP contribution >= 0.6 is 0 Å². The summed E-state index contributed by atoms with van der Waals surface area (Å²) in [5.41, 5.74) is 0.0252. The minimum atomic E-state index is -1.69. The maximum atomic E-state index is 13.9. The summed E-state index contributed by atoms with van der Waals surface area (Å²) in [6, 6.07) is 10.4. The molecule has 0 aliphatic heterocycles. The maximum absolute atomic E-state index is 13.9. The summed E-state index contributed by atoms with van der Waals surface area (Å²) < 4.78 is 32.5. The Bertz CT molecular complexity index is 829. The Balaban J connectivity index is 1.85. The predicted molar refractivity (Wildman–Crippen MR) is 96.6 cm³/mol. The lowest BCUT2D eigenvalue weighted by Crippen LogP contribution is -2.30. The third kappa shape index (κ3) is 5.83. The maximum Gasteiger partial charge on any atom is 0.407 e. The number of aliphatic hydroxyl groups is 2. The fourth-order valence-corrected chi connectivity index (χ4v) is 2.52. The molecule has 0 heterocycles. The summed E-state index contributed by atoms with van der Waals surface area (Å²) in [7, 11) is 0. The summed E-state index contributed by atoms with van der Waals surface area (Å²) in [6.45, 7) is 1.13. The van der Waals surface area contributed by atoms with Crippen molar-refractivity contribution >= 4 is 11.9 Å². The number of amides is 1. The van der Waals surface area contributed by atoms with Gasteiger partial charge in [0.25, 0.3) is 0 Å². The van der Waals surface area contributed by atoms with Gasteiger partial charge in [-0.25, -0.2) is 13.6 Å². The quantitative estimate of drug-likeness (QED) is 0.600. The molecule has 1 amide bonds. The van der Waals surface area contributed by atoms with Crippen molar-refractivity contribution in [2.75, 3.05) is 6.54 Å². The largest absolute Gasteiger partial charge is 0.445 e. The second kappa shape index (κ2) is 9.91. The van der Waals surface area contributed by atoms with Crippen LogP contribution in [0.3, 0.4) is 0 Å². The van der Waals surface area contributed by atoms with Crippen LogP contribution in [0.2, 0.25) is 0 Å². The molecule has 0 radical (unpaired) electrons. The summed E-state index contributed by atoms with van der Waals surface area (Å²) in [4.78, 5) is 23.0. The molecule has 6 nitrogen and oxygen atoms in total. The van der Waals surface area contributed by atoms with Crippen LogP contribution in [0.4, 0.5) is 13.6 Å². The van der Waals surface area contributed by atoms with E-state index in [9.17, 15) is 28.6 Å². The average Bonchev–Trinajstić information content (AvgIpc) is 2.66. The number of Topliss-reactive ketones (excluding diaryl/α,β-unsaturated/α-hetero) is 1. The Morgan fingerprint density at radius 1 is 1.11 bits per heavy atom. The van der Waals surface area contributed by atoms with Crippen molar-refractivity contribution in [1.82, 2.24) is 5.32 Å². The molecule has 2 unspecified atom stereocenters. The van der Waals surface area contributed by atoms with Gasteiger partial charge < -0.3 is 20.3 Å². The highest BCUT2D eigenvalue weighted by molar-refractivity contribution is 5.94. The summed E-state index contributed by atoms with van der Waals surface area (Å²) in [5, 5.41) is 22.5. The number of aliphatic hydroxyl groups excluding tert-OH is 2. The van der Waals surface area contributed by atoms with Crippen molar-refractivity contribution in [2.45, 2.75) is 32.2 Å². The first-order valence-electron chi connectivity index (χ1n) is 8.60. The lowest BCUT2D eigenvalue weighted by Gasteiger charge is -2.19. The van der Waals surface area contributed by atoms with Crippen molar-refractivity contribution in [1.29, 1.82) is 0 Å². The van der Waals surface area contributed by atoms with Crippen LogP contribution in [-0.2, 0) is 11.3 Å². The Kier molecular flexibility index (Phi) is 7.60. The normalized spacial score (nSPS) is 12.9. The van der Waals surface area contributed by atoms with E-state index in [1.165, 1.54) is 0 Å². The van der Waals surface area contributed by atoms with Crippen molar-refractivity contribution in [3.05, 3.63) is 70.8 Å². The number of ether oxygens (including phenoxy) is 1. The SMILES string of the molecule is CC(=O)c1cc(C(O)C(O)CCNC(=O)OCc2ccccc2)c(F)cc1F. The van der Waals surface area contributed by atoms with E-state index in [0.717, 1.165) is 18.6 Å². The Labute approximate surface area is 160 Å². The van der Waals surface area contributed by atoms with E-state index < -0.39 is 41.3 Å². The molecular weight excluding hydrogens is 372 g/mol. The van der Waals surface area contributed by atoms with Gasteiger partial charge in [-0.1, -0.05) is 30.3 Å². The lowest BCUT2D eigenvalue weighted by atomic mass is 9.98. The van der Waals surface area contributed by atoms with Gasteiger partial charge in [-0.3, -0.25) is 4.79 Å². The van der Waals surface area contributed by atoms with Crippen molar-refractivity contribution in [2.24, 2.45) is 0 Å². The molecule has 0 saturated heterocycles. The highest BCUT2D eigenvalue weighted by atomic mass is 19.1. The second-order valence-corrected chi connectivity index (χ2v) is 6.20. The molecule has 150 valence electrons. The summed E-state index contributed by atoms with van der Waals surface area (Å²) in [6.07, 6.45) is -3.97. The lowest BCUT2D eigenvalue weighted by molar-refractivity contribution is 0.0115. The van der Waals surface area contributed by atoms with Gasteiger partial charge in [0.1, 0.15) is 24.3 Å². The van der Waals surface area contributed by atoms with Crippen LogP contribution in [0.1, 0.15) is 40.9 Å². The molecule has 3 N–H and O–H groups in total. The summed E-state index contributed by atoms with van der Waals surface area (Å²) >= 11 is 0. The number of nitrogens with one attached hydrogen (secondary N) is 1. The molecule has 0 bridgehead atoms. The number of alkyl carbamates (subject to hydrolysis) is 1. The van der Waals surface area contributed by atoms with Crippen LogP contribution in [-0.4, -0.2) is 34.7 Å². The van der Waals surface area contributed by atoms with Gasteiger partial charge >= 0.3 is 6.09 Å². The fraction of sp³-hybridized carbons (Fsp3) is 0.300. The number of ketones is 1. The number of rotatable bonds is 8. The molecule has 2 rings (SSSR count). The van der Waals surface area contributed by atoms with Gasteiger partial charge in [0.15, 0.2) is 5.78 Å². The van der Waals surface area contributed by atoms with Gasteiger partial charge in [-0.05, 0) is 25.0 Å². The van der Waals surface area contributed by atoms with Crippen molar-refractivity contribution < 1.29 is 33.3 Å². The van der Waals surface area contributed by atoms with E-state index in [2.05, 4.69) is 5.32 Å². The van der Waals surface area contributed by atoms with Crippen LogP contribution in [0, 0.1) is 11.6 Å². The zero-order valence-electron chi connectivity index (χ0n) is 15.2. The van der Waals surface area contributed by atoms with E-state index in [-0.39, 0.29) is 25.1 Å². The standard InChI is InChI=1S/C20H21F2NO5/c1-12(24)14-9-15(17(22)10-16(14)21)19(26)18(25)7-8-23-20(27)28-11-13-5-3-2-4-6-13/h2-6,9-10,18-19,25-26H,7-8,11H2,1H3,(H,23,27). The smallest absolute Gasteiger partial charge is 0.407 e. The first kappa shape index (κ1) is 21.5. The molecule has 0 aromatic heterocycles. The first-order valence-corrected chi connectivity index (χ1v) is 8.60. The molecule has 28 heavy (non-hydrogen) atoms. The second-order valence-electron chi connectivity index (χ2n) is 6.20. The van der Waals surface area contributed by atoms with E-state index in [1.807, 2.05) is 6.07 Å². The highest BCUT2D eigenvalue weighted by Gasteiger charge is 2.24. The molecule has 2 aromatic rings. The Morgan fingerprint density at radius 3 is 2.43 bits per heavy atom. The van der Waals surface area contributed by atoms with Crippen LogP contribution in [0.5, 0.6) is 0 Å². The van der Waals surface area contributed by atoms with Crippen LogP contribution < -0.4 is 5.32 Å². The molecule has 0 spiro atoms. The molecule has 2 atom stereocenters. The van der Waals surface area contributed by atoms with E-state index in [4.69, 9.17) is 4.74 Å². The highest BCUT2D eigenvalue weighted by Crippen LogP contribution is 2.25. The van der Waals surface area contributed by atoms with Crippen molar-refractivity contribution in [3.63, 3.8) is 0 Å². The van der Waals surface area contributed by atoms with Gasteiger partial charge in [0.2, 0.25) is 0 Å². The Hall–Kier alpha value is -2.84. The number of hydrogen-bond donors (Lipinski definition) is 3. The number of hydrogen-bond acceptors (Lipinski definition) is 5. The number of carbonyl (C=O) groups is 2. The molecular formula is C20H21F2NO5. The zero-order chi connectivity index (χ0) is 20.7. The first-order chi connectivity index (χ1) is 13.3. The van der Waals surface area contributed by atoms with E-state index >= 15 is 0 Å². The molecule has 0 fully saturated rings. The zero-order valence-corrected chi connectivity index (χ0v) is 15.2. The number of benzene rings is 2. The van der Waals surface area contributed by atoms with Crippen LogP contribution in [0.25, 0.3) is 0 Å². The minimum Gasteiger partial charge on any atom is -0.445 e. The third-order valence-corrected chi connectivity index (χ3v) is 4.07. The third-order valence-electron chi connectivity index (χ3n) is 4.07. The number of carbonyl (C=O) groups excluding carboxylic acids is 2. The molecule has 2 aromatic carbocycles. The molecule has 8 heteroatoms. The molecule has 0 aliphatic carbocycles. The predicted octanol–water partition coefficient (Wildman–Crippen LogP) is 2.88. The van der Waals surface area contributed by atoms with Crippen molar-refractivity contribution in [3.8, 4) is 0 Å². The van der Waals surface area contributed by atoms with Gasteiger partial charge in [0, 0.05) is 18.2 Å². The molecule has 0 aliphatic rings. The van der Waals surface area contributed by atoms with Gasteiger partial charge in [0.05, 0.1) is 11.7 Å². The number of halogens is 2.